The molecule has 0 aromatic heterocycles. The van der Waals surface area contributed by atoms with Gasteiger partial charge >= 0.3 is 5.97 Å². The molecule has 0 amide bonds. The molecule has 138 valence electrons. The first-order valence-electron chi connectivity index (χ1n) is 8.67. The summed E-state index contributed by atoms with van der Waals surface area (Å²) in [5.41, 5.74) is 1.72. The van der Waals surface area contributed by atoms with Gasteiger partial charge in [0.2, 0.25) is 0 Å². The maximum Gasteiger partial charge on any atom is 0.320 e. The number of carboxylic acids is 1. The summed E-state index contributed by atoms with van der Waals surface area (Å²) in [6, 6.07) is 11.1. The normalized spacial score (nSPS) is 18.7. The van der Waals surface area contributed by atoms with Crippen LogP contribution in [0.25, 0.3) is 0 Å². The molecule has 1 heterocycles. The van der Waals surface area contributed by atoms with Crippen LogP contribution in [0.1, 0.15) is 36.9 Å². The van der Waals surface area contributed by atoms with E-state index in [9.17, 15) is 14.3 Å². The fraction of sp³-hybridized carbons (Fsp3) is 0.350. The number of benzene rings is 2. The van der Waals surface area contributed by atoms with Gasteiger partial charge in [0.15, 0.2) is 0 Å². The molecule has 0 bridgehead atoms. The Morgan fingerprint density at radius 2 is 2.08 bits per heavy atom. The third-order valence-electron chi connectivity index (χ3n) is 4.66. The fourth-order valence-electron chi connectivity index (χ4n) is 3.58. The summed E-state index contributed by atoms with van der Waals surface area (Å²) in [4.78, 5) is 13.7. The average Bonchev–Trinajstić information content (AvgIpc) is 3.09. The number of carbonyl (C=O) groups is 1. The molecule has 0 saturated carbocycles. The van der Waals surface area contributed by atoms with Crippen LogP contribution in [0.15, 0.2) is 46.9 Å². The Morgan fingerprint density at radius 1 is 1.35 bits per heavy atom. The van der Waals surface area contributed by atoms with Crippen LogP contribution in [0, 0.1) is 5.82 Å². The van der Waals surface area contributed by atoms with Gasteiger partial charge in [0.25, 0.3) is 0 Å². The van der Waals surface area contributed by atoms with Crippen LogP contribution in [-0.4, -0.2) is 35.2 Å². The first kappa shape index (κ1) is 18.9. The van der Waals surface area contributed by atoms with E-state index in [2.05, 4.69) is 15.9 Å². The topological polar surface area (TPSA) is 49.8 Å². The third kappa shape index (κ3) is 3.91. The molecule has 3 rings (SSSR count). The van der Waals surface area contributed by atoms with E-state index in [4.69, 9.17) is 4.74 Å². The minimum absolute atomic E-state index is 0.317. The highest BCUT2D eigenvalue weighted by Crippen LogP contribution is 2.40. The van der Waals surface area contributed by atoms with Crippen molar-refractivity contribution < 1.29 is 19.0 Å². The Bertz CT molecular complexity index is 781. The minimum Gasteiger partial charge on any atom is -0.494 e. The second-order valence-electron chi connectivity index (χ2n) is 6.30. The number of hydrogen-bond donors (Lipinski definition) is 1. The van der Waals surface area contributed by atoms with Crippen LogP contribution in [0.4, 0.5) is 4.39 Å². The summed E-state index contributed by atoms with van der Waals surface area (Å²) in [6.45, 7) is 3.08. The van der Waals surface area contributed by atoms with E-state index in [0.29, 0.717) is 25.3 Å². The van der Waals surface area contributed by atoms with Crippen molar-refractivity contribution in [3.8, 4) is 5.75 Å². The molecule has 1 aliphatic heterocycles. The Labute approximate surface area is 160 Å². The first-order chi connectivity index (χ1) is 12.5. The second kappa shape index (κ2) is 8.18. The van der Waals surface area contributed by atoms with Gasteiger partial charge < -0.3 is 9.84 Å². The lowest BCUT2D eigenvalue weighted by molar-refractivity contribution is -0.142. The van der Waals surface area contributed by atoms with Gasteiger partial charge in [-0.05, 0) is 55.7 Å². The molecule has 4 nitrogen and oxygen atoms in total. The molecule has 2 atom stereocenters. The van der Waals surface area contributed by atoms with E-state index < -0.39 is 12.0 Å². The summed E-state index contributed by atoms with van der Waals surface area (Å²) in [5.74, 6) is -0.438. The summed E-state index contributed by atoms with van der Waals surface area (Å²) >= 11 is 3.50. The molecule has 2 unspecified atom stereocenters. The van der Waals surface area contributed by atoms with E-state index in [1.807, 2.05) is 30.0 Å². The van der Waals surface area contributed by atoms with Crippen molar-refractivity contribution in [2.75, 3.05) is 13.2 Å². The third-order valence-corrected chi connectivity index (χ3v) is 5.16. The predicted molar refractivity (Wildman–Crippen MR) is 101 cm³/mol. The minimum atomic E-state index is -0.831. The first-order valence-corrected chi connectivity index (χ1v) is 9.46. The van der Waals surface area contributed by atoms with Crippen molar-refractivity contribution in [1.82, 2.24) is 4.90 Å². The van der Waals surface area contributed by atoms with E-state index in [1.165, 1.54) is 12.1 Å². The monoisotopic (exact) mass is 421 g/mol. The molecule has 0 radical (unpaired) electrons. The number of hydrogen-bond acceptors (Lipinski definition) is 3. The Hall–Kier alpha value is -1.92. The van der Waals surface area contributed by atoms with E-state index in [1.54, 1.807) is 12.1 Å². The van der Waals surface area contributed by atoms with Gasteiger partial charge in [0.05, 0.1) is 12.6 Å². The number of ether oxygens (including phenoxy) is 1. The van der Waals surface area contributed by atoms with E-state index >= 15 is 0 Å². The maximum absolute atomic E-state index is 13.5. The summed E-state index contributed by atoms with van der Waals surface area (Å²) < 4.78 is 20.1. The molecule has 2 aromatic rings. The zero-order valence-corrected chi connectivity index (χ0v) is 16.1. The summed E-state index contributed by atoms with van der Waals surface area (Å²) in [7, 11) is 0. The van der Waals surface area contributed by atoms with Crippen LogP contribution in [-0.2, 0) is 4.79 Å². The van der Waals surface area contributed by atoms with Crippen molar-refractivity contribution in [1.29, 1.82) is 0 Å². The van der Waals surface area contributed by atoms with Crippen molar-refractivity contribution in [3.05, 3.63) is 63.9 Å². The number of rotatable bonds is 6. The van der Waals surface area contributed by atoms with Crippen molar-refractivity contribution in [3.63, 3.8) is 0 Å². The molecule has 6 heteroatoms. The van der Waals surface area contributed by atoms with Gasteiger partial charge in [-0.1, -0.05) is 28.1 Å². The number of nitrogens with zero attached hydrogens (tertiary/aromatic N) is 1. The molecular weight excluding hydrogens is 401 g/mol. The molecule has 0 aliphatic carbocycles. The highest BCUT2D eigenvalue weighted by Gasteiger charge is 2.38. The van der Waals surface area contributed by atoms with Gasteiger partial charge in [-0.2, -0.15) is 0 Å². The number of aliphatic carboxylic acids is 1. The summed E-state index contributed by atoms with van der Waals surface area (Å²) in [6.07, 6.45) is 1.41. The van der Waals surface area contributed by atoms with Crippen LogP contribution >= 0.6 is 15.9 Å². The summed E-state index contributed by atoms with van der Waals surface area (Å²) in [5, 5.41) is 9.66. The number of carboxylic acid groups (broad SMARTS) is 1. The van der Waals surface area contributed by atoms with Gasteiger partial charge in [0, 0.05) is 16.6 Å². The van der Waals surface area contributed by atoms with Crippen molar-refractivity contribution in [2.24, 2.45) is 0 Å². The standard InChI is InChI=1S/C20H21BrFNO3/c1-2-26-18-10-7-14(21)12-16(18)19(13-5-8-15(22)9-6-13)23-11-3-4-17(23)20(24)25/h5-10,12,17,19H,2-4,11H2,1H3,(H,24,25). The molecule has 26 heavy (non-hydrogen) atoms. The second-order valence-corrected chi connectivity index (χ2v) is 7.22. The van der Waals surface area contributed by atoms with Gasteiger partial charge in [0.1, 0.15) is 17.6 Å². The van der Waals surface area contributed by atoms with Crippen LogP contribution < -0.4 is 4.74 Å². The average molecular weight is 422 g/mol. The number of halogens is 2. The van der Waals surface area contributed by atoms with Crippen molar-refractivity contribution >= 4 is 21.9 Å². The van der Waals surface area contributed by atoms with Crippen molar-refractivity contribution in [2.45, 2.75) is 31.8 Å². The quantitative estimate of drug-likeness (QED) is 0.738. The highest BCUT2D eigenvalue weighted by molar-refractivity contribution is 9.10. The van der Waals surface area contributed by atoms with E-state index in [0.717, 1.165) is 22.0 Å². The lowest BCUT2D eigenvalue weighted by Crippen LogP contribution is -2.39. The van der Waals surface area contributed by atoms with E-state index in [-0.39, 0.29) is 11.9 Å². The zero-order chi connectivity index (χ0) is 18.7. The molecule has 1 fully saturated rings. The lowest BCUT2D eigenvalue weighted by Gasteiger charge is -2.33. The fourth-order valence-corrected chi connectivity index (χ4v) is 3.96. The Balaban J connectivity index is 2.13. The molecule has 1 saturated heterocycles. The predicted octanol–water partition coefficient (Wildman–Crippen LogP) is 4.63. The Kier molecular flexibility index (Phi) is 5.94. The van der Waals surface area contributed by atoms with Crippen LogP contribution in [0.2, 0.25) is 0 Å². The molecule has 0 spiro atoms. The van der Waals surface area contributed by atoms with Gasteiger partial charge in [-0.25, -0.2) is 4.39 Å². The maximum atomic E-state index is 13.5. The molecule has 2 aromatic carbocycles. The smallest absolute Gasteiger partial charge is 0.320 e. The SMILES string of the molecule is CCOc1ccc(Br)cc1C(c1ccc(F)cc1)N1CCCC1C(=O)O. The number of likely N-dealkylation sites (tertiary alicyclic amines) is 1. The molecule has 1 N–H and O–H groups in total. The van der Waals surface area contributed by atoms with Gasteiger partial charge in [-0.3, -0.25) is 9.69 Å². The molecule has 1 aliphatic rings. The van der Waals surface area contributed by atoms with Gasteiger partial charge in [-0.15, -0.1) is 0 Å². The largest absolute Gasteiger partial charge is 0.494 e. The highest BCUT2D eigenvalue weighted by atomic mass is 79.9. The zero-order valence-electron chi connectivity index (χ0n) is 14.5. The van der Waals surface area contributed by atoms with Crippen LogP contribution in [0.5, 0.6) is 5.75 Å². The Morgan fingerprint density at radius 3 is 2.73 bits per heavy atom. The molecular formula is C20H21BrFNO3. The lowest BCUT2D eigenvalue weighted by atomic mass is 9.95. The van der Waals surface area contributed by atoms with Crippen LogP contribution in [0.3, 0.4) is 0 Å².